The molecule has 0 bridgehead atoms. The normalized spacial score (nSPS) is 15.6. The number of hydrazone groups is 1. The van der Waals surface area contributed by atoms with E-state index < -0.39 is 0 Å². The van der Waals surface area contributed by atoms with Crippen molar-refractivity contribution in [3.05, 3.63) is 64.7 Å². The Hall–Kier alpha value is -2.04. The van der Waals surface area contributed by atoms with E-state index in [1.807, 2.05) is 43.4 Å². The van der Waals surface area contributed by atoms with Gasteiger partial charge in [0.15, 0.2) is 0 Å². The number of ether oxygens (including phenoxy) is 1. The number of hydrogen-bond donors (Lipinski definition) is 1. The maximum atomic E-state index is 6.23. The first-order chi connectivity index (χ1) is 11.3. The summed E-state index contributed by atoms with van der Waals surface area (Å²) in [6.07, 6.45) is 0. The second-order valence-electron chi connectivity index (χ2n) is 5.32. The summed E-state index contributed by atoms with van der Waals surface area (Å²) in [5.41, 5.74) is 3.99. The van der Waals surface area contributed by atoms with Gasteiger partial charge >= 0.3 is 0 Å². The molecule has 0 amide bonds. The maximum Gasteiger partial charge on any atom is 0.0997 e. The van der Waals surface area contributed by atoms with Gasteiger partial charge in [0, 0.05) is 28.9 Å². The van der Waals surface area contributed by atoms with Crippen molar-refractivity contribution in [2.75, 3.05) is 38.7 Å². The Bertz CT molecular complexity index is 682. The van der Waals surface area contributed by atoms with Crippen LogP contribution in [0.4, 0.5) is 5.69 Å². The quantitative estimate of drug-likeness (QED) is 0.873. The Morgan fingerprint density at radius 2 is 1.87 bits per heavy atom. The molecule has 5 heteroatoms. The molecule has 1 aliphatic heterocycles. The lowest BCUT2D eigenvalue weighted by atomic mass is 10.0. The Balaban J connectivity index is 2.08. The van der Waals surface area contributed by atoms with E-state index >= 15 is 0 Å². The zero-order valence-electron chi connectivity index (χ0n) is 13.1. The van der Waals surface area contributed by atoms with Crippen molar-refractivity contribution < 1.29 is 4.74 Å². The highest BCUT2D eigenvalue weighted by Gasteiger charge is 2.15. The minimum atomic E-state index is 0.699. The average molecular weight is 330 g/mol. The molecule has 0 atom stereocenters. The van der Waals surface area contributed by atoms with E-state index in [9.17, 15) is 0 Å². The van der Waals surface area contributed by atoms with Gasteiger partial charge < -0.3 is 10.1 Å². The molecule has 23 heavy (non-hydrogen) atoms. The van der Waals surface area contributed by atoms with Crippen molar-refractivity contribution in [1.82, 2.24) is 5.01 Å². The molecule has 1 fully saturated rings. The third-order valence-electron chi connectivity index (χ3n) is 3.78. The first-order valence-electron chi connectivity index (χ1n) is 7.72. The van der Waals surface area contributed by atoms with Crippen LogP contribution < -0.4 is 5.32 Å². The minimum absolute atomic E-state index is 0.699. The molecule has 3 rings (SSSR count). The highest BCUT2D eigenvalue weighted by atomic mass is 35.5. The van der Waals surface area contributed by atoms with Gasteiger partial charge in [0.1, 0.15) is 0 Å². The van der Waals surface area contributed by atoms with Gasteiger partial charge in [0.25, 0.3) is 0 Å². The Morgan fingerprint density at radius 1 is 1.13 bits per heavy atom. The van der Waals surface area contributed by atoms with Crippen LogP contribution in [0.15, 0.2) is 53.6 Å². The van der Waals surface area contributed by atoms with Gasteiger partial charge in [-0.1, -0.05) is 41.9 Å². The number of nitrogens with one attached hydrogen (secondary N) is 1. The van der Waals surface area contributed by atoms with Crippen LogP contribution in [0.2, 0.25) is 5.02 Å². The Kier molecular flexibility index (Phi) is 5.16. The maximum absolute atomic E-state index is 6.23. The van der Waals surface area contributed by atoms with Crippen molar-refractivity contribution in [3.8, 4) is 0 Å². The van der Waals surface area contributed by atoms with Gasteiger partial charge in [-0.25, -0.2) is 0 Å². The molecule has 1 aliphatic rings. The van der Waals surface area contributed by atoms with Crippen LogP contribution in [0, 0.1) is 0 Å². The third kappa shape index (κ3) is 3.84. The van der Waals surface area contributed by atoms with E-state index in [0.29, 0.717) is 18.2 Å². The minimum Gasteiger partial charge on any atom is -0.388 e. The summed E-state index contributed by atoms with van der Waals surface area (Å²) >= 11 is 6.23. The van der Waals surface area contributed by atoms with E-state index in [1.165, 1.54) is 0 Å². The summed E-state index contributed by atoms with van der Waals surface area (Å²) in [5, 5.41) is 10.9. The number of hydrogen-bond acceptors (Lipinski definition) is 4. The largest absolute Gasteiger partial charge is 0.388 e. The fourth-order valence-electron chi connectivity index (χ4n) is 2.59. The first-order valence-corrected chi connectivity index (χ1v) is 8.10. The van der Waals surface area contributed by atoms with Crippen LogP contribution in [0.3, 0.4) is 0 Å². The smallest absolute Gasteiger partial charge is 0.0997 e. The monoisotopic (exact) mass is 329 g/mol. The lowest BCUT2D eigenvalue weighted by molar-refractivity contribution is 0.0394. The zero-order chi connectivity index (χ0) is 16.1. The average Bonchev–Trinajstić information content (AvgIpc) is 2.61. The molecule has 2 aromatic carbocycles. The van der Waals surface area contributed by atoms with Crippen LogP contribution in [0.1, 0.15) is 11.1 Å². The predicted octanol–water partition coefficient (Wildman–Crippen LogP) is 3.47. The SMILES string of the molecule is CNc1ccc(Cl)cc1/C(=N\N1CCOCC1)c1ccccc1. The topological polar surface area (TPSA) is 36.9 Å². The molecular weight excluding hydrogens is 310 g/mol. The molecule has 1 N–H and O–H groups in total. The lowest BCUT2D eigenvalue weighted by Gasteiger charge is -2.25. The molecule has 0 aromatic heterocycles. The van der Waals surface area contributed by atoms with Crippen molar-refractivity contribution in [3.63, 3.8) is 0 Å². The highest BCUT2D eigenvalue weighted by molar-refractivity contribution is 6.31. The Morgan fingerprint density at radius 3 is 2.57 bits per heavy atom. The summed E-state index contributed by atoms with van der Waals surface area (Å²) in [7, 11) is 1.91. The highest BCUT2D eigenvalue weighted by Crippen LogP contribution is 2.24. The number of rotatable bonds is 4. The van der Waals surface area contributed by atoms with Crippen LogP contribution in [-0.4, -0.2) is 44.1 Å². The molecule has 0 spiro atoms. The molecule has 1 saturated heterocycles. The van der Waals surface area contributed by atoms with Crippen LogP contribution in [0.25, 0.3) is 0 Å². The summed E-state index contributed by atoms with van der Waals surface area (Å²) in [5.74, 6) is 0. The number of morpholine rings is 1. The predicted molar refractivity (Wildman–Crippen MR) is 95.5 cm³/mol. The number of anilines is 1. The number of benzene rings is 2. The van der Waals surface area contributed by atoms with Crippen molar-refractivity contribution in [2.45, 2.75) is 0 Å². The molecule has 0 saturated carbocycles. The molecule has 0 unspecified atom stereocenters. The summed E-state index contributed by atoms with van der Waals surface area (Å²) in [6.45, 7) is 3.01. The number of nitrogens with zero attached hydrogens (tertiary/aromatic N) is 2. The van der Waals surface area contributed by atoms with Gasteiger partial charge in [-0.3, -0.25) is 5.01 Å². The molecule has 1 heterocycles. The first kappa shape index (κ1) is 15.8. The van der Waals surface area contributed by atoms with Gasteiger partial charge in [-0.2, -0.15) is 5.10 Å². The van der Waals surface area contributed by atoms with Crippen LogP contribution >= 0.6 is 11.6 Å². The second-order valence-corrected chi connectivity index (χ2v) is 5.76. The third-order valence-corrected chi connectivity index (χ3v) is 4.02. The van der Waals surface area contributed by atoms with E-state index in [4.69, 9.17) is 21.4 Å². The van der Waals surface area contributed by atoms with Crippen LogP contribution in [-0.2, 0) is 4.74 Å². The molecular formula is C18H20ClN3O. The van der Waals surface area contributed by atoms with Crippen LogP contribution in [0.5, 0.6) is 0 Å². The fourth-order valence-corrected chi connectivity index (χ4v) is 2.76. The molecule has 0 aliphatic carbocycles. The summed E-state index contributed by atoms with van der Waals surface area (Å²) in [4.78, 5) is 0. The van der Waals surface area contributed by atoms with E-state index in [0.717, 1.165) is 35.6 Å². The second kappa shape index (κ2) is 7.49. The molecule has 0 radical (unpaired) electrons. The lowest BCUT2D eigenvalue weighted by Crippen LogP contribution is -2.33. The Labute approximate surface area is 141 Å². The van der Waals surface area contributed by atoms with Gasteiger partial charge in [-0.05, 0) is 18.2 Å². The van der Waals surface area contributed by atoms with Crippen molar-refractivity contribution in [1.29, 1.82) is 0 Å². The number of halogens is 1. The zero-order valence-corrected chi connectivity index (χ0v) is 13.9. The van der Waals surface area contributed by atoms with E-state index in [-0.39, 0.29) is 0 Å². The summed E-state index contributed by atoms with van der Waals surface area (Å²) < 4.78 is 5.41. The van der Waals surface area contributed by atoms with Gasteiger partial charge in [-0.15, -0.1) is 0 Å². The summed E-state index contributed by atoms with van der Waals surface area (Å²) in [6, 6.07) is 16.0. The molecule has 2 aromatic rings. The fraction of sp³-hybridized carbons (Fsp3) is 0.278. The molecule has 120 valence electrons. The van der Waals surface area contributed by atoms with E-state index in [2.05, 4.69) is 22.5 Å². The van der Waals surface area contributed by atoms with Crippen molar-refractivity contribution in [2.24, 2.45) is 5.10 Å². The van der Waals surface area contributed by atoms with E-state index in [1.54, 1.807) is 0 Å². The van der Waals surface area contributed by atoms with Gasteiger partial charge in [0.05, 0.1) is 32.0 Å². The molecule has 4 nitrogen and oxygen atoms in total. The standard InChI is InChI=1S/C18H20ClN3O/c1-20-17-8-7-15(19)13-16(17)18(14-5-3-2-4-6-14)21-22-9-11-23-12-10-22/h2-8,13,20H,9-12H2,1H3/b21-18-. The van der Waals surface area contributed by atoms with Crippen molar-refractivity contribution >= 4 is 23.0 Å². The van der Waals surface area contributed by atoms with Gasteiger partial charge in [0.2, 0.25) is 0 Å².